The monoisotopic (exact) mass is 310 g/mol. The minimum absolute atomic E-state index is 0.176. The number of para-hydroxylation sites is 1. The zero-order chi connectivity index (χ0) is 14.4. The van der Waals surface area contributed by atoms with E-state index < -0.39 is 6.10 Å². The van der Waals surface area contributed by atoms with Crippen LogP contribution in [0.4, 0.5) is 0 Å². The standard InChI is InChI=1S/C15H15ClO3S/c16-14-6-1-2-7-15(14)19-9-12(18)10-20-13-5-3-4-11(17)8-13/h1-8,12,17-18H,9-10H2. The number of aliphatic hydroxyl groups excluding tert-OH is 1. The lowest BCUT2D eigenvalue weighted by atomic mass is 10.3. The van der Waals surface area contributed by atoms with E-state index in [1.54, 1.807) is 30.3 Å². The average Bonchev–Trinajstić information content (AvgIpc) is 2.44. The Kier molecular flexibility index (Phi) is 5.59. The van der Waals surface area contributed by atoms with E-state index in [1.165, 1.54) is 11.8 Å². The smallest absolute Gasteiger partial charge is 0.138 e. The van der Waals surface area contributed by atoms with Gasteiger partial charge in [0.25, 0.3) is 0 Å². The van der Waals surface area contributed by atoms with Crippen molar-refractivity contribution in [1.29, 1.82) is 0 Å². The number of ether oxygens (including phenoxy) is 1. The molecule has 0 radical (unpaired) electrons. The molecule has 20 heavy (non-hydrogen) atoms. The first-order valence-electron chi connectivity index (χ1n) is 6.12. The first-order valence-corrected chi connectivity index (χ1v) is 7.49. The molecular formula is C15H15ClO3S. The Morgan fingerprint density at radius 2 is 1.95 bits per heavy atom. The number of thioether (sulfide) groups is 1. The van der Waals surface area contributed by atoms with E-state index in [0.29, 0.717) is 16.5 Å². The van der Waals surface area contributed by atoms with Crippen LogP contribution in [0.3, 0.4) is 0 Å². The molecule has 0 saturated heterocycles. The van der Waals surface area contributed by atoms with E-state index in [0.717, 1.165) is 4.90 Å². The Hall–Kier alpha value is -1.36. The lowest BCUT2D eigenvalue weighted by Gasteiger charge is -2.13. The molecule has 0 bridgehead atoms. The summed E-state index contributed by atoms with van der Waals surface area (Å²) in [7, 11) is 0. The maximum atomic E-state index is 9.88. The molecule has 1 atom stereocenters. The van der Waals surface area contributed by atoms with Crippen molar-refractivity contribution in [2.24, 2.45) is 0 Å². The summed E-state index contributed by atoms with van der Waals surface area (Å²) in [6.07, 6.45) is -0.612. The molecule has 0 aromatic heterocycles. The van der Waals surface area contributed by atoms with Crippen molar-refractivity contribution in [1.82, 2.24) is 0 Å². The van der Waals surface area contributed by atoms with Crippen LogP contribution in [0.15, 0.2) is 53.4 Å². The Labute approximate surface area is 127 Å². The van der Waals surface area contributed by atoms with Gasteiger partial charge in [-0.2, -0.15) is 0 Å². The van der Waals surface area contributed by atoms with Gasteiger partial charge in [0.05, 0.1) is 11.1 Å². The summed E-state index contributed by atoms with van der Waals surface area (Å²) in [6.45, 7) is 0.176. The van der Waals surface area contributed by atoms with Gasteiger partial charge in [0.15, 0.2) is 0 Å². The molecule has 0 heterocycles. The first kappa shape index (κ1) is 15.0. The molecule has 2 aromatic carbocycles. The lowest BCUT2D eigenvalue weighted by Crippen LogP contribution is -2.20. The SMILES string of the molecule is Oc1cccc(SCC(O)COc2ccccc2Cl)c1. The quantitative estimate of drug-likeness (QED) is 0.801. The molecule has 0 aliphatic carbocycles. The Morgan fingerprint density at radius 1 is 1.15 bits per heavy atom. The first-order chi connectivity index (χ1) is 9.65. The second-order valence-electron chi connectivity index (χ2n) is 4.20. The number of aliphatic hydroxyl groups is 1. The molecule has 2 rings (SSSR count). The van der Waals surface area contributed by atoms with Gasteiger partial charge in [-0.15, -0.1) is 11.8 Å². The number of benzene rings is 2. The van der Waals surface area contributed by atoms with Gasteiger partial charge < -0.3 is 14.9 Å². The lowest BCUT2D eigenvalue weighted by molar-refractivity contribution is 0.126. The van der Waals surface area contributed by atoms with Gasteiger partial charge in [-0.05, 0) is 30.3 Å². The molecule has 0 amide bonds. The molecule has 2 aromatic rings. The summed E-state index contributed by atoms with van der Waals surface area (Å²) < 4.78 is 5.47. The van der Waals surface area contributed by atoms with Crippen molar-refractivity contribution in [2.45, 2.75) is 11.0 Å². The number of hydrogen-bond donors (Lipinski definition) is 2. The van der Waals surface area contributed by atoms with E-state index in [1.807, 2.05) is 18.2 Å². The highest BCUT2D eigenvalue weighted by Crippen LogP contribution is 2.25. The van der Waals surface area contributed by atoms with Gasteiger partial charge in [0.2, 0.25) is 0 Å². The van der Waals surface area contributed by atoms with Gasteiger partial charge in [0, 0.05) is 10.6 Å². The summed E-state index contributed by atoms with van der Waals surface area (Å²) in [5.74, 6) is 1.26. The zero-order valence-corrected chi connectivity index (χ0v) is 12.3. The second-order valence-corrected chi connectivity index (χ2v) is 5.70. The normalized spacial score (nSPS) is 12.1. The van der Waals surface area contributed by atoms with Crippen molar-refractivity contribution in [2.75, 3.05) is 12.4 Å². The summed E-state index contributed by atoms with van der Waals surface area (Å²) in [6, 6.07) is 14.1. The average molecular weight is 311 g/mol. The van der Waals surface area contributed by atoms with E-state index in [4.69, 9.17) is 16.3 Å². The van der Waals surface area contributed by atoms with Crippen LogP contribution >= 0.6 is 23.4 Å². The summed E-state index contributed by atoms with van der Waals surface area (Å²) >= 11 is 7.42. The largest absolute Gasteiger partial charge is 0.508 e. The molecule has 0 fully saturated rings. The molecule has 0 aliphatic heterocycles. The van der Waals surface area contributed by atoms with Crippen molar-refractivity contribution in [3.63, 3.8) is 0 Å². The fourth-order valence-corrected chi connectivity index (χ4v) is 2.61. The van der Waals surface area contributed by atoms with Crippen LogP contribution in [0.25, 0.3) is 0 Å². The molecule has 1 unspecified atom stereocenters. The maximum absolute atomic E-state index is 9.88. The third-order valence-electron chi connectivity index (χ3n) is 2.53. The highest BCUT2D eigenvalue weighted by Gasteiger charge is 2.08. The molecule has 106 valence electrons. The van der Waals surface area contributed by atoms with Crippen LogP contribution in [0.2, 0.25) is 5.02 Å². The highest BCUT2D eigenvalue weighted by molar-refractivity contribution is 7.99. The van der Waals surface area contributed by atoms with Gasteiger partial charge in [0.1, 0.15) is 18.1 Å². The van der Waals surface area contributed by atoms with Gasteiger partial charge in [-0.1, -0.05) is 29.8 Å². The van der Waals surface area contributed by atoms with Gasteiger partial charge >= 0.3 is 0 Å². The van der Waals surface area contributed by atoms with Gasteiger partial charge in [-0.3, -0.25) is 0 Å². The number of rotatable bonds is 6. The van der Waals surface area contributed by atoms with E-state index in [-0.39, 0.29) is 12.4 Å². The van der Waals surface area contributed by atoms with Crippen LogP contribution in [0.1, 0.15) is 0 Å². The summed E-state index contributed by atoms with van der Waals surface area (Å²) in [5, 5.41) is 19.8. The number of phenolic OH excluding ortho intramolecular Hbond substituents is 1. The van der Waals surface area contributed by atoms with Gasteiger partial charge in [-0.25, -0.2) is 0 Å². The van der Waals surface area contributed by atoms with E-state index in [9.17, 15) is 10.2 Å². The fourth-order valence-electron chi connectivity index (χ4n) is 1.56. The number of hydrogen-bond acceptors (Lipinski definition) is 4. The van der Waals surface area contributed by atoms with Crippen molar-refractivity contribution < 1.29 is 14.9 Å². The molecule has 5 heteroatoms. The fraction of sp³-hybridized carbons (Fsp3) is 0.200. The summed E-state index contributed by atoms with van der Waals surface area (Å²) in [5.41, 5.74) is 0. The van der Waals surface area contributed by atoms with Crippen LogP contribution in [0, 0.1) is 0 Å². The Bertz CT molecular complexity index is 562. The number of aromatic hydroxyl groups is 1. The van der Waals surface area contributed by atoms with Crippen LogP contribution < -0.4 is 4.74 Å². The molecule has 0 spiro atoms. The molecule has 0 saturated carbocycles. The molecule has 0 aliphatic rings. The number of halogens is 1. The predicted octanol–water partition coefficient (Wildman–Crippen LogP) is 3.58. The van der Waals surface area contributed by atoms with E-state index >= 15 is 0 Å². The van der Waals surface area contributed by atoms with Crippen molar-refractivity contribution in [3.05, 3.63) is 53.6 Å². The minimum atomic E-state index is -0.612. The molecular weight excluding hydrogens is 296 g/mol. The molecule has 3 nitrogen and oxygen atoms in total. The van der Waals surface area contributed by atoms with Crippen molar-refractivity contribution in [3.8, 4) is 11.5 Å². The third kappa shape index (κ3) is 4.63. The predicted molar refractivity (Wildman–Crippen MR) is 81.8 cm³/mol. The Morgan fingerprint density at radius 3 is 2.70 bits per heavy atom. The Balaban J connectivity index is 1.78. The van der Waals surface area contributed by atoms with Crippen LogP contribution in [-0.2, 0) is 0 Å². The summed E-state index contributed by atoms with van der Waals surface area (Å²) in [4.78, 5) is 0.904. The molecule has 2 N–H and O–H groups in total. The maximum Gasteiger partial charge on any atom is 0.138 e. The zero-order valence-electron chi connectivity index (χ0n) is 10.7. The highest BCUT2D eigenvalue weighted by atomic mass is 35.5. The van der Waals surface area contributed by atoms with Crippen molar-refractivity contribution >= 4 is 23.4 Å². The third-order valence-corrected chi connectivity index (χ3v) is 3.98. The van der Waals surface area contributed by atoms with Crippen LogP contribution in [0.5, 0.6) is 11.5 Å². The van der Waals surface area contributed by atoms with Crippen LogP contribution in [-0.4, -0.2) is 28.7 Å². The topological polar surface area (TPSA) is 49.7 Å². The minimum Gasteiger partial charge on any atom is -0.508 e. The second kappa shape index (κ2) is 7.43. The number of phenols is 1. The van der Waals surface area contributed by atoms with E-state index in [2.05, 4.69) is 0 Å².